The molecule has 0 bridgehead atoms. The molecule has 1 atom stereocenters. The van der Waals surface area contributed by atoms with E-state index in [-0.39, 0.29) is 5.91 Å². The molecule has 0 aliphatic carbocycles. The molecule has 0 fully saturated rings. The number of amides is 1. The molecule has 3 rings (SSSR count). The van der Waals surface area contributed by atoms with Crippen molar-refractivity contribution in [3.8, 4) is 11.1 Å². The summed E-state index contributed by atoms with van der Waals surface area (Å²) in [6.45, 7) is 0. The molecule has 0 aliphatic heterocycles. The highest BCUT2D eigenvalue weighted by Gasteiger charge is 2.22. The van der Waals surface area contributed by atoms with Crippen molar-refractivity contribution in [1.82, 2.24) is 5.32 Å². The summed E-state index contributed by atoms with van der Waals surface area (Å²) >= 11 is 2.22. The first-order chi connectivity index (χ1) is 13.6. The quantitative estimate of drug-likeness (QED) is 0.414. The van der Waals surface area contributed by atoms with Crippen LogP contribution in [0, 0.1) is 3.57 Å². The Kier molecular flexibility index (Phi) is 6.81. The molecule has 28 heavy (non-hydrogen) atoms. The standard InChI is InChI=1S/C23H20INO3/c1-28-23(27)21(15-16-7-13-20(24)14-8-16)25-22(26)19-11-9-18(10-12-19)17-5-3-2-4-6-17/h2-14,21H,15H2,1H3,(H,25,26)/t21-/m0/s1. The summed E-state index contributed by atoms with van der Waals surface area (Å²) in [4.78, 5) is 24.8. The molecule has 0 unspecified atom stereocenters. The number of hydrogen-bond donors (Lipinski definition) is 1. The van der Waals surface area contributed by atoms with Crippen LogP contribution in [-0.2, 0) is 16.0 Å². The monoisotopic (exact) mass is 485 g/mol. The molecule has 0 spiro atoms. The van der Waals surface area contributed by atoms with Crippen LogP contribution in [0.25, 0.3) is 11.1 Å². The number of nitrogens with one attached hydrogen (secondary N) is 1. The zero-order valence-electron chi connectivity index (χ0n) is 15.4. The van der Waals surface area contributed by atoms with Gasteiger partial charge in [0, 0.05) is 15.6 Å². The number of methoxy groups -OCH3 is 1. The summed E-state index contributed by atoms with van der Waals surface area (Å²) in [5.41, 5.74) is 3.56. The van der Waals surface area contributed by atoms with Crippen LogP contribution in [0.5, 0.6) is 0 Å². The van der Waals surface area contributed by atoms with Crippen LogP contribution in [0.1, 0.15) is 15.9 Å². The van der Waals surface area contributed by atoms with Crippen LogP contribution in [0.3, 0.4) is 0 Å². The summed E-state index contributed by atoms with van der Waals surface area (Å²) in [5, 5.41) is 2.79. The molecule has 0 aromatic heterocycles. The predicted molar refractivity (Wildman–Crippen MR) is 118 cm³/mol. The number of carbonyl (C=O) groups is 2. The Morgan fingerprint density at radius 2 is 1.50 bits per heavy atom. The van der Waals surface area contributed by atoms with Crippen molar-refractivity contribution in [1.29, 1.82) is 0 Å². The van der Waals surface area contributed by atoms with Gasteiger partial charge in [-0.05, 0) is 63.5 Å². The van der Waals surface area contributed by atoms with Gasteiger partial charge < -0.3 is 10.1 Å². The lowest BCUT2D eigenvalue weighted by Gasteiger charge is -2.17. The number of halogens is 1. The molecule has 3 aromatic rings. The first-order valence-electron chi connectivity index (χ1n) is 8.85. The van der Waals surface area contributed by atoms with Crippen molar-refractivity contribution >= 4 is 34.5 Å². The lowest BCUT2D eigenvalue weighted by atomic mass is 10.0. The fourth-order valence-electron chi connectivity index (χ4n) is 2.88. The van der Waals surface area contributed by atoms with Crippen molar-refractivity contribution in [2.75, 3.05) is 7.11 Å². The van der Waals surface area contributed by atoms with E-state index in [2.05, 4.69) is 27.9 Å². The normalized spacial score (nSPS) is 11.5. The van der Waals surface area contributed by atoms with E-state index in [1.165, 1.54) is 7.11 Å². The van der Waals surface area contributed by atoms with Gasteiger partial charge in [0.1, 0.15) is 6.04 Å². The van der Waals surface area contributed by atoms with Gasteiger partial charge >= 0.3 is 5.97 Å². The number of rotatable bonds is 6. The Balaban J connectivity index is 1.72. The summed E-state index contributed by atoms with van der Waals surface area (Å²) in [5.74, 6) is -0.770. The maximum atomic E-state index is 12.6. The smallest absolute Gasteiger partial charge is 0.328 e. The van der Waals surface area contributed by atoms with E-state index in [1.54, 1.807) is 12.1 Å². The Morgan fingerprint density at radius 3 is 2.11 bits per heavy atom. The lowest BCUT2D eigenvalue weighted by Crippen LogP contribution is -2.43. The number of hydrogen-bond acceptors (Lipinski definition) is 3. The number of esters is 1. The predicted octanol–water partition coefficient (Wildman–Crippen LogP) is 4.47. The molecule has 0 aliphatic rings. The average molecular weight is 485 g/mol. The first-order valence-corrected chi connectivity index (χ1v) is 9.93. The first kappa shape index (κ1) is 20.1. The van der Waals surface area contributed by atoms with E-state index in [0.29, 0.717) is 12.0 Å². The highest BCUT2D eigenvalue weighted by molar-refractivity contribution is 14.1. The van der Waals surface area contributed by atoms with Gasteiger partial charge in [0.25, 0.3) is 5.91 Å². The minimum absolute atomic E-state index is 0.305. The van der Waals surface area contributed by atoms with Gasteiger partial charge in [-0.25, -0.2) is 4.79 Å². The molecular weight excluding hydrogens is 465 g/mol. The minimum Gasteiger partial charge on any atom is -0.467 e. The van der Waals surface area contributed by atoms with Crippen molar-refractivity contribution in [2.45, 2.75) is 12.5 Å². The molecular formula is C23H20INO3. The van der Waals surface area contributed by atoms with Gasteiger partial charge in [-0.2, -0.15) is 0 Å². The zero-order valence-corrected chi connectivity index (χ0v) is 17.6. The highest BCUT2D eigenvalue weighted by atomic mass is 127. The largest absolute Gasteiger partial charge is 0.467 e. The molecule has 5 heteroatoms. The Bertz CT molecular complexity index is 938. The minimum atomic E-state index is -0.744. The van der Waals surface area contributed by atoms with Crippen LogP contribution < -0.4 is 5.32 Å². The molecule has 4 nitrogen and oxygen atoms in total. The van der Waals surface area contributed by atoms with E-state index in [1.807, 2.05) is 66.7 Å². The van der Waals surface area contributed by atoms with Crippen LogP contribution in [-0.4, -0.2) is 25.0 Å². The fourth-order valence-corrected chi connectivity index (χ4v) is 3.24. The molecule has 1 N–H and O–H groups in total. The van der Waals surface area contributed by atoms with E-state index < -0.39 is 12.0 Å². The van der Waals surface area contributed by atoms with Crippen molar-refractivity contribution < 1.29 is 14.3 Å². The van der Waals surface area contributed by atoms with Crippen molar-refractivity contribution in [2.24, 2.45) is 0 Å². The molecule has 0 radical (unpaired) electrons. The van der Waals surface area contributed by atoms with E-state index in [0.717, 1.165) is 20.3 Å². The third-order valence-electron chi connectivity index (χ3n) is 4.40. The summed E-state index contributed by atoms with van der Waals surface area (Å²) in [6, 6.07) is 24.3. The van der Waals surface area contributed by atoms with E-state index >= 15 is 0 Å². The van der Waals surface area contributed by atoms with Crippen LogP contribution in [0.4, 0.5) is 0 Å². The molecule has 0 saturated heterocycles. The van der Waals surface area contributed by atoms with E-state index in [4.69, 9.17) is 4.74 Å². The second-order valence-electron chi connectivity index (χ2n) is 6.32. The Labute approximate surface area is 178 Å². The van der Waals surface area contributed by atoms with Gasteiger partial charge in [-0.3, -0.25) is 4.79 Å². The SMILES string of the molecule is COC(=O)[C@H](Cc1ccc(I)cc1)NC(=O)c1ccc(-c2ccccc2)cc1. The zero-order chi connectivity index (χ0) is 19.9. The van der Waals surface area contributed by atoms with Gasteiger partial charge in [-0.1, -0.05) is 54.6 Å². The average Bonchev–Trinajstić information content (AvgIpc) is 2.75. The Hall–Kier alpha value is -2.67. The molecule has 142 valence electrons. The second-order valence-corrected chi connectivity index (χ2v) is 7.57. The van der Waals surface area contributed by atoms with Gasteiger partial charge in [0.05, 0.1) is 7.11 Å². The van der Waals surface area contributed by atoms with Crippen molar-refractivity contribution in [3.05, 3.63) is 93.6 Å². The van der Waals surface area contributed by atoms with Crippen molar-refractivity contribution in [3.63, 3.8) is 0 Å². The summed E-state index contributed by atoms with van der Waals surface area (Å²) in [6.07, 6.45) is 0.372. The van der Waals surface area contributed by atoms with E-state index in [9.17, 15) is 9.59 Å². The van der Waals surface area contributed by atoms with Gasteiger partial charge in [0.2, 0.25) is 0 Å². The highest BCUT2D eigenvalue weighted by Crippen LogP contribution is 2.19. The molecule has 0 heterocycles. The number of ether oxygens (including phenoxy) is 1. The fraction of sp³-hybridized carbons (Fsp3) is 0.130. The van der Waals surface area contributed by atoms with Crippen LogP contribution in [0.15, 0.2) is 78.9 Å². The third kappa shape index (κ3) is 5.19. The third-order valence-corrected chi connectivity index (χ3v) is 5.12. The molecule has 0 saturated carbocycles. The molecule has 1 amide bonds. The Morgan fingerprint density at radius 1 is 0.893 bits per heavy atom. The van der Waals surface area contributed by atoms with Gasteiger partial charge in [0.15, 0.2) is 0 Å². The topological polar surface area (TPSA) is 55.4 Å². The second kappa shape index (κ2) is 9.50. The van der Waals surface area contributed by atoms with Crippen LogP contribution >= 0.6 is 22.6 Å². The maximum absolute atomic E-state index is 12.6. The number of benzene rings is 3. The maximum Gasteiger partial charge on any atom is 0.328 e. The van der Waals surface area contributed by atoms with Gasteiger partial charge in [-0.15, -0.1) is 0 Å². The molecule has 3 aromatic carbocycles. The summed E-state index contributed by atoms with van der Waals surface area (Å²) < 4.78 is 5.98. The summed E-state index contributed by atoms with van der Waals surface area (Å²) in [7, 11) is 1.32. The number of carbonyl (C=O) groups excluding carboxylic acids is 2. The lowest BCUT2D eigenvalue weighted by molar-refractivity contribution is -0.142. The van der Waals surface area contributed by atoms with Crippen LogP contribution in [0.2, 0.25) is 0 Å².